The topological polar surface area (TPSA) is 23.5 Å². The molecule has 1 N–H and O–H groups in total. The zero-order valence-electron chi connectivity index (χ0n) is 21.2. The molecule has 0 radical (unpaired) electrons. The number of rotatable bonds is 7. The molecule has 180 valence electrons. The van der Waals surface area contributed by atoms with Crippen molar-refractivity contribution in [1.82, 2.24) is 4.90 Å². The number of halogens is 1. The molecule has 4 atom stereocenters. The molecular weight excluding hydrogens is 409 g/mol. The van der Waals surface area contributed by atoms with E-state index in [0.29, 0.717) is 18.3 Å². The highest BCUT2D eigenvalue weighted by Crippen LogP contribution is 2.55. The highest BCUT2D eigenvalue weighted by atomic mass is 19.1. The van der Waals surface area contributed by atoms with Crippen LogP contribution in [0.1, 0.15) is 100 Å². The van der Waals surface area contributed by atoms with Crippen LogP contribution in [-0.4, -0.2) is 29.1 Å². The summed E-state index contributed by atoms with van der Waals surface area (Å²) >= 11 is 0. The van der Waals surface area contributed by atoms with E-state index in [-0.39, 0.29) is 16.8 Å². The summed E-state index contributed by atoms with van der Waals surface area (Å²) in [5.41, 5.74) is 5.84. The number of fused-ring (bicyclic) bond motifs is 3. The van der Waals surface area contributed by atoms with Crippen molar-refractivity contribution in [3.05, 3.63) is 70.5 Å². The predicted molar refractivity (Wildman–Crippen MR) is 135 cm³/mol. The third-order valence-corrected chi connectivity index (χ3v) is 9.11. The van der Waals surface area contributed by atoms with Gasteiger partial charge in [-0.15, -0.1) is 0 Å². The van der Waals surface area contributed by atoms with Gasteiger partial charge in [0.25, 0.3) is 0 Å². The Hall–Kier alpha value is -1.71. The lowest BCUT2D eigenvalue weighted by Gasteiger charge is -2.58. The van der Waals surface area contributed by atoms with E-state index >= 15 is 0 Å². The Morgan fingerprint density at radius 3 is 2.45 bits per heavy atom. The standard InChI is InChI=1S/C30H42FNO/c1-21(2)23-11-15-26-24(20-23)12-16-28-29(26,3)17-7-18-30(28,4)32(5)19-6-8-27(33)22-9-13-25(31)14-10-22/h9-11,13-15,20-21,27-28,33H,6-8,12,16-19H2,1-5H3. The van der Waals surface area contributed by atoms with Crippen molar-refractivity contribution in [2.24, 2.45) is 5.92 Å². The molecule has 2 aliphatic carbocycles. The van der Waals surface area contributed by atoms with Gasteiger partial charge in [0.1, 0.15) is 5.82 Å². The Labute approximate surface area is 200 Å². The number of aryl methyl sites for hydroxylation is 1. The summed E-state index contributed by atoms with van der Waals surface area (Å²) in [5, 5.41) is 10.6. The van der Waals surface area contributed by atoms with Gasteiger partial charge in [0.05, 0.1) is 6.10 Å². The highest BCUT2D eigenvalue weighted by Gasteiger charge is 2.53. The Balaban J connectivity index is 1.46. The number of aliphatic hydroxyl groups excluding tert-OH is 1. The fourth-order valence-corrected chi connectivity index (χ4v) is 6.92. The number of hydrogen-bond acceptors (Lipinski definition) is 2. The minimum absolute atomic E-state index is 0.169. The van der Waals surface area contributed by atoms with E-state index in [1.165, 1.54) is 49.8 Å². The predicted octanol–water partition coefficient (Wildman–Crippen LogP) is 7.16. The summed E-state index contributed by atoms with van der Waals surface area (Å²) in [6.45, 7) is 10.6. The first-order chi connectivity index (χ1) is 15.6. The smallest absolute Gasteiger partial charge is 0.123 e. The fraction of sp³-hybridized carbons (Fsp3) is 0.600. The third-order valence-electron chi connectivity index (χ3n) is 9.11. The second-order valence-electron chi connectivity index (χ2n) is 11.4. The lowest BCUT2D eigenvalue weighted by molar-refractivity contribution is -0.0223. The van der Waals surface area contributed by atoms with Crippen LogP contribution in [0.2, 0.25) is 0 Å². The van der Waals surface area contributed by atoms with Gasteiger partial charge in [-0.3, -0.25) is 0 Å². The molecular formula is C30H42FNO. The van der Waals surface area contributed by atoms with Crippen molar-refractivity contribution in [1.29, 1.82) is 0 Å². The average molecular weight is 452 g/mol. The molecule has 4 rings (SSSR count). The molecule has 0 saturated heterocycles. The number of aliphatic hydroxyl groups is 1. The van der Waals surface area contributed by atoms with Gasteiger partial charge in [0.2, 0.25) is 0 Å². The van der Waals surface area contributed by atoms with E-state index in [0.717, 1.165) is 18.5 Å². The maximum atomic E-state index is 13.2. The first-order valence-corrected chi connectivity index (χ1v) is 12.9. The van der Waals surface area contributed by atoms with Gasteiger partial charge in [-0.2, -0.15) is 0 Å². The van der Waals surface area contributed by atoms with Crippen LogP contribution in [0.25, 0.3) is 0 Å². The lowest BCUT2D eigenvalue weighted by atomic mass is 9.52. The maximum absolute atomic E-state index is 13.2. The molecule has 3 heteroatoms. The van der Waals surface area contributed by atoms with E-state index < -0.39 is 6.10 Å². The van der Waals surface area contributed by atoms with Crippen molar-refractivity contribution in [2.75, 3.05) is 13.6 Å². The van der Waals surface area contributed by atoms with Crippen LogP contribution in [0.4, 0.5) is 4.39 Å². The van der Waals surface area contributed by atoms with Gasteiger partial charge in [-0.1, -0.05) is 57.5 Å². The van der Waals surface area contributed by atoms with Crippen LogP contribution in [0.3, 0.4) is 0 Å². The van der Waals surface area contributed by atoms with Gasteiger partial charge < -0.3 is 10.0 Å². The van der Waals surface area contributed by atoms with Crippen molar-refractivity contribution < 1.29 is 9.50 Å². The highest BCUT2D eigenvalue weighted by molar-refractivity contribution is 5.42. The second-order valence-corrected chi connectivity index (χ2v) is 11.4. The number of benzene rings is 2. The number of hydrogen-bond donors (Lipinski definition) is 1. The molecule has 1 saturated carbocycles. The largest absolute Gasteiger partial charge is 0.388 e. The zero-order valence-corrected chi connectivity index (χ0v) is 21.2. The maximum Gasteiger partial charge on any atom is 0.123 e. The minimum atomic E-state index is -0.528. The fourth-order valence-electron chi connectivity index (χ4n) is 6.92. The number of nitrogens with zero attached hydrogens (tertiary/aromatic N) is 1. The van der Waals surface area contributed by atoms with Crippen LogP contribution in [0.15, 0.2) is 42.5 Å². The normalized spacial score (nSPS) is 28.0. The van der Waals surface area contributed by atoms with Gasteiger partial charge in [-0.25, -0.2) is 4.39 Å². The molecule has 2 aromatic carbocycles. The summed E-state index contributed by atoms with van der Waals surface area (Å²) in [4.78, 5) is 2.58. The van der Waals surface area contributed by atoms with Gasteiger partial charge in [0, 0.05) is 5.54 Å². The molecule has 4 unspecified atom stereocenters. The summed E-state index contributed by atoms with van der Waals surface area (Å²) in [6, 6.07) is 13.5. The third kappa shape index (κ3) is 4.64. The Morgan fingerprint density at radius 1 is 1.06 bits per heavy atom. The Bertz CT molecular complexity index is 954. The summed E-state index contributed by atoms with van der Waals surface area (Å²) < 4.78 is 13.2. The first-order valence-electron chi connectivity index (χ1n) is 12.9. The monoisotopic (exact) mass is 451 g/mol. The molecule has 1 fully saturated rings. The first kappa shape index (κ1) is 24.4. The average Bonchev–Trinajstić information content (AvgIpc) is 2.78. The van der Waals surface area contributed by atoms with Crippen LogP contribution in [-0.2, 0) is 11.8 Å². The van der Waals surface area contributed by atoms with Crippen LogP contribution >= 0.6 is 0 Å². The molecule has 2 aliphatic rings. The van der Waals surface area contributed by atoms with Crippen LogP contribution in [0, 0.1) is 11.7 Å². The SMILES string of the molecule is CC(C)c1ccc2c(c1)CCC1C2(C)CCCC1(C)N(C)CCCC(O)c1ccc(F)cc1. The molecule has 0 heterocycles. The van der Waals surface area contributed by atoms with Crippen molar-refractivity contribution >= 4 is 0 Å². The summed E-state index contributed by atoms with van der Waals surface area (Å²) in [5.74, 6) is 0.963. The van der Waals surface area contributed by atoms with Gasteiger partial charge in [0.15, 0.2) is 0 Å². The molecule has 33 heavy (non-hydrogen) atoms. The Morgan fingerprint density at radius 2 is 1.76 bits per heavy atom. The summed E-state index contributed by atoms with van der Waals surface area (Å²) in [6.07, 6.45) is 7.32. The lowest BCUT2D eigenvalue weighted by Crippen LogP contribution is -2.60. The molecule has 2 aromatic rings. The van der Waals surface area contributed by atoms with Gasteiger partial charge in [-0.05, 0) is 111 Å². The van der Waals surface area contributed by atoms with E-state index in [1.54, 1.807) is 23.3 Å². The quantitative estimate of drug-likeness (QED) is 0.483. The summed E-state index contributed by atoms with van der Waals surface area (Å²) in [7, 11) is 2.29. The van der Waals surface area contributed by atoms with Crippen molar-refractivity contribution in [2.45, 2.75) is 95.6 Å². The molecule has 0 amide bonds. The van der Waals surface area contributed by atoms with Crippen molar-refractivity contribution in [3.8, 4) is 0 Å². The zero-order chi connectivity index (χ0) is 23.8. The van der Waals surface area contributed by atoms with Crippen LogP contribution < -0.4 is 0 Å². The van der Waals surface area contributed by atoms with E-state index in [1.807, 2.05) is 0 Å². The Kier molecular flexibility index (Phi) is 7.03. The molecule has 0 aromatic heterocycles. The second kappa shape index (κ2) is 9.50. The molecule has 0 bridgehead atoms. The van der Waals surface area contributed by atoms with Gasteiger partial charge >= 0.3 is 0 Å². The van der Waals surface area contributed by atoms with E-state index in [9.17, 15) is 9.50 Å². The molecule has 0 aliphatic heterocycles. The van der Waals surface area contributed by atoms with E-state index in [2.05, 4.69) is 57.8 Å². The molecule has 0 spiro atoms. The van der Waals surface area contributed by atoms with Crippen molar-refractivity contribution in [3.63, 3.8) is 0 Å². The van der Waals surface area contributed by atoms with Crippen LogP contribution in [0.5, 0.6) is 0 Å². The van der Waals surface area contributed by atoms with E-state index in [4.69, 9.17) is 0 Å². The molecule has 2 nitrogen and oxygen atoms in total. The minimum Gasteiger partial charge on any atom is -0.388 e.